The van der Waals surface area contributed by atoms with E-state index in [1.54, 1.807) is 14.0 Å². The molecule has 0 bridgehead atoms. The summed E-state index contributed by atoms with van der Waals surface area (Å²) in [6.07, 6.45) is -0.451. The molecule has 2 rings (SSSR count). The molecule has 0 atom stereocenters. The summed E-state index contributed by atoms with van der Waals surface area (Å²) in [6, 6.07) is 1.74. The van der Waals surface area contributed by atoms with Crippen molar-refractivity contribution in [1.29, 1.82) is 0 Å². The van der Waals surface area contributed by atoms with Crippen molar-refractivity contribution < 1.29 is 18.7 Å². The fourth-order valence-electron chi connectivity index (χ4n) is 2.07. The molecule has 0 spiro atoms. The van der Waals surface area contributed by atoms with Crippen molar-refractivity contribution in [3.63, 3.8) is 0 Å². The Labute approximate surface area is 106 Å². The minimum absolute atomic E-state index is 0.0248. The normalized spacial score (nSPS) is 10.9. The van der Waals surface area contributed by atoms with Gasteiger partial charge >= 0.3 is 5.97 Å². The van der Waals surface area contributed by atoms with E-state index >= 15 is 0 Å². The standard InChI is InChI=1S/C13H11F2NO3/c1-6-7(4-12(17)18)13(19)8-3-9(14)10(15)5-11(8)16(6)2/h3,5H,4H2,1-2H3,(H,17,18). The molecule has 1 N–H and O–H groups in total. The second-order valence-corrected chi connectivity index (χ2v) is 4.31. The van der Waals surface area contributed by atoms with E-state index in [0.29, 0.717) is 5.69 Å². The van der Waals surface area contributed by atoms with Gasteiger partial charge in [0, 0.05) is 29.8 Å². The maximum Gasteiger partial charge on any atom is 0.308 e. The van der Waals surface area contributed by atoms with Crippen LogP contribution in [-0.2, 0) is 18.3 Å². The number of benzene rings is 1. The van der Waals surface area contributed by atoms with Gasteiger partial charge in [0.25, 0.3) is 0 Å². The number of carboxylic acid groups (broad SMARTS) is 1. The molecule has 1 heterocycles. The highest BCUT2D eigenvalue weighted by molar-refractivity contribution is 5.82. The maximum absolute atomic E-state index is 13.2. The summed E-state index contributed by atoms with van der Waals surface area (Å²) in [5, 5.41) is 8.77. The first-order chi connectivity index (χ1) is 8.82. The van der Waals surface area contributed by atoms with Gasteiger partial charge in [-0.15, -0.1) is 0 Å². The van der Waals surface area contributed by atoms with Crippen molar-refractivity contribution in [2.24, 2.45) is 7.05 Å². The number of fused-ring (bicyclic) bond motifs is 1. The van der Waals surface area contributed by atoms with Gasteiger partial charge in [-0.25, -0.2) is 8.78 Å². The zero-order chi connectivity index (χ0) is 14.3. The lowest BCUT2D eigenvalue weighted by atomic mass is 10.0. The van der Waals surface area contributed by atoms with E-state index in [9.17, 15) is 18.4 Å². The average molecular weight is 267 g/mol. The Hall–Kier alpha value is -2.24. The van der Waals surface area contributed by atoms with E-state index in [2.05, 4.69) is 0 Å². The van der Waals surface area contributed by atoms with E-state index in [0.717, 1.165) is 12.1 Å². The molecule has 6 heteroatoms. The zero-order valence-electron chi connectivity index (χ0n) is 10.3. The van der Waals surface area contributed by atoms with Crippen molar-refractivity contribution in [2.45, 2.75) is 13.3 Å². The molecule has 100 valence electrons. The Bertz CT molecular complexity index is 750. The predicted molar refractivity (Wildman–Crippen MR) is 65.2 cm³/mol. The highest BCUT2D eigenvalue weighted by atomic mass is 19.2. The second kappa shape index (κ2) is 4.46. The monoisotopic (exact) mass is 267 g/mol. The summed E-state index contributed by atoms with van der Waals surface area (Å²) < 4.78 is 27.9. The third kappa shape index (κ3) is 2.09. The summed E-state index contributed by atoms with van der Waals surface area (Å²) in [5.41, 5.74) is 0.154. The van der Waals surface area contributed by atoms with Gasteiger partial charge in [-0.2, -0.15) is 0 Å². The van der Waals surface area contributed by atoms with Crippen molar-refractivity contribution in [2.75, 3.05) is 0 Å². The molecule has 1 aromatic heterocycles. The number of pyridine rings is 1. The van der Waals surface area contributed by atoms with Gasteiger partial charge in [-0.05, 0) is 13.0 Å². The first-order valence-corrected chi connectivity index (χ1v) is 5.52. The van der Waals surface area contributed by atoms with Crippen LogP contribution in [0, 0.1) is 18.6 Å². The van der Waals surface area contributed by atoms with Crippen LogP contribution in [0.4, 0.5) is 8.78 Å². The molecular weight excluding hydrogens is 256 g/mol. The fraction of sp³-hybridized carbons (Fsp3) is 0.231. The summed E-state index contributed by atoms with van der Waals surface area (Å²) in [4.78, 5) is 22.9. The molecule has 1 aromatic carbocycles. The number of rotatable bonds is 2. The van der Waals surface area contributed by atoms with Crippen LogP contribution in [0.5, 0.6) is 0 Å². The van der Waals surface area contributed by atoms with Crippen LogP contribution in [0.25, 0.3) is 10.9 Å². The summed E-state index contributed by atoms with van der Waals surface area (Å²) in [5.74, 6) is -3.33. The van der Waals surface area contributed by atoms with Crippen molar-refractivity contribution in [3.05, 3.63) is 45.2 Å². The Morgan fingerprint density at radius 2 is 1.89 bits per heavy atom. The van der Waals surface area contributed by atoms with Gasteiger partial charge in [0.1, 0.15) is 0 Å². The lowest BCUT2D eigenvalue weighted by molar-refractivity contribution is -0.136. The van der Waals surface area contributed by atoms with Gasteiger partial charge in [0.05, 0.1) is 11.9 Å². The molecule has 0 unspecified atom stereocenters. The fourth-order valence-corrected chi connectivity index (χ4v) is 2.07. The lowest BCUT2D eigenvalue weighted by Crippen LogP contribution is -2.20. The Balaban J connectivity index is 2.92. The number of halogens is 2. The van der Waals surface area contributed by atoms with Crippen LogP contribution >= 0.6 is 0 Å². The van der Waals surface area contributed by atoms with Crippen LogP contribution in [-0.4, -0.2) is 15.6 Å². The topological polar surface area (TPSA) is 59.3 Å². The second-order valence-electron chi connectivity index (χ2n) is 4.31. The average Bonchev–Trinajstić information content (AvgIpc) is 2.34. The summed E-state index contributed by atoms with van der Waals surface area (Å²) in [7, 11) is 1.57. The van der Waals surface area contributed by atoms with Crippen molar-refractivity contribution in [3.8, 4) is 0 Å². The molecular formula is C13H11F2NO3. The number of aryl methyl sites for hydroxylation is 1. The number of aromatic nitrogens is 1. The molecule has 0 saturated carbocycles. The van der Waals surface area contributed by atoms with Gasteiger partial charge in [-0.1, -0.05) is 0 Å². The Kier molecular flexibility index (Phi) is 3.09. The molecule has 0 fully saturated rings. The van der Waals surface area contributed by atoms with Gasteiger partial charge < -0.3 is 9.67 Å². The van der Waals surface area contributed by atoms with Crippen molar-refractivity contribution in [1.82, 2.24) is 4.57 Å². The quantitative estimate of drug-likeness (QED) is 0.901. The number of nitrogens with zero attached hydrogens (tertiary/aromatic N) is 1. The molecule has 0 aliphatic heterocycles. The lowest BCUT2D eigenvalue weighted by Gasteiger charge is -2.13. The van der Waals surface area contributed by atoms with Crippen LogP contribution in [0.1, 0.15) is 11.3 Å². The SMILES string of the molecule is Cc1c(CC(=O)O)c(=O)c2cc(F)c(F)cc2n1C. The molecule has 4 nitrogen and oxygen atoms in total. The van der Waals surface area contributed by atoms with E-state index in [1.807, 2.05) is 0 Å². The number of carboxylic acids is 1. The number of carbonyl (C=O) groups is 1. The highest BCUT2D eigenvalue weighted by Crippen LogP contribution is 2.18. The van der Waals surface area contributed by atoms with Gasteiger partial charge in [0.2, 0.25) is 0 Å². The maximum atomic E-state index is 13.2. The van der Waals surface area contributed by atoms with Crippen LogP contribution < -0.4 is 5.43 Å². The van der Waals surface area contributed by atoms with Crippen LogP contribution in [0.3, 0.4) is 0 Å². The van der Waals surface area contributed by atoms with Gasteiger partial charge in [-0.3, -0.25) is 9.59 Å². The summed E-state index contributed by atoms with van der Waals surface area (Å²) >= 11 is 0. The molecule has 0 aliphatic rings. The first-order valence-electron chi connectivity index (χ1n) is 5.52. The zero-order valence-corrected chi connectivity index (χ0v) is 10.3. The first kappa shape index (κ1) is 13.2. The smallest absolute Gasteiger partial charge is 0.308 e. The van der Waals surface area contributed by atoms with E-state index < -0.39 is 29.5 Å². The predicted octanol–water partition coefficient (Wildman–Crippen LogP) is 1.75. The van der Waals surface area contributed by atoms with Crippen LogP contribution in [0.15, 0.2) is 16.9 Å². The highest BCUT2D eigenvalue weighted by Gasteiger charge is 2.16. The Morgan fingerprint density at radius 3 is 2.47 bits per heavy atom. The third-order valence-corrected chi connectivity index (χ3v) is 3.19. The van der Waals surface area contributed by atoms with E-state index in [1.165, 1.54) is 4.57 Å². The minimum Gasteiger partial charge on any atom is -0.481 e. The summed E-state index contributed by atoms with van der Waals surface area (Å²) in [6.45, 7) is 1.57. The Morgan fingerprint density at radius 1 is 1.32 bits per heavy atom. The molecule has 0 amide bonds. The molecule has 0 radical (unpaired) electrons. The minimum atomic E-state index is -1.15. The van der Waals surface area contributed by atoms with Crippen LogP contribution in [0.2, 0.25) is 0 Å². The van der Waals surface area contributed by atoms with E-state index in [4.69, 9.17) is 5.11 Å². The third-order valence-electron chi connectivity index (χ3n) is 3.19. The molecule has 2 aromatic rings. The molecule has 19 heavy (non-hydrogen) atoms. The number of aliphatic carboxylic acids is 1. The number of hydrogen-bond acceptors (Lipinski definition) is 2. The largest absolute Gasteiger partial charge is 0.481 e. The van der Waals surface area contributed by atoms with Crippen molar-refractivity contribution >= 4 is 16.9 Å². The van der Waals surface area contributed by atoms with Gasteiger partial charge in [0.15, 0.2) is 17.1 Å². The molecule has 0 aliphatic carbocycles. The molecule has 0 saturated heterocycles. The number of hydrogen-bond donors (Lipinski definition) is 1. The van der Waals surface area contributed by atoms with E-state index in [-0.39, 0.29) is 16.5 Å².